The van der Waals surface area contributed by atoms with Crippen LogP contribution in [0, 0.1) is 0 Å². The minimum absolute atomic E-state index is 0.0428. The summed E-state index contributed by atoms with van der Waals surface area (Å²) in [7, 11) is 1.69. The third kappa shape index (κ3) is 4.94. The number of likely N-dealkylation sites (tertiary alicyclic amines) is 1. The van der Waals surface area contributed by atoms with E-state index in [-0.39, 0.29) is 5.91 Å². The van der Waals surface area contributed by atoms with Crippen LogP contribution in [-0.4, -0.2) is 54.6 Å². The summed E-state index contributed by atoms with van der Waals surface area (Å²) in [4.78, 5) is 27.9. The van der Waals surface area contributed by atoms with Crippen molar-refractivity contribution in [1.82, 2.24) is 9.47 Å². The summed E-state index contributed by atoms with van der Waals surface area (Å²) < 4.78 is 7.89. The molecule has 1 aliphatic heterocycles. The Labute approximate surface area is 201 Å². The highest BCUT2D eigenvalue weighted by Crippen LogP contribution is 2.30. The minimum atomic E-state index is -0.394. The number of hydrogen-bond acceptors (Lipinski definition) is 4. The minimum Gasteiger partial charge on any atom is -0.496 e. The Morgan fingerprint density at radius 2 is 1.88 bits per heavy atom. The number of benzene rings is 2. The summed E-state index contributed by atoms with van der Waals surface area (Å²) in [6, 6.07) is 14.2. The van der Waals surface area contributed by atoms with Crippen LogP contribution in [0.2, 0.25) is 0 Å². The summed E-state index contributed by atoms with van der Waals surface area (Å²) in [5.74, 6) is 0.512. The number of aromatic nitrogens is 1. The molecule has 0 unspecified atom stereocenters. The standard InChI is InChI=1S/C27H34N4O3/c1-4-30(19(2)32)24-7-8-26(34-3)21(17-24)9-13-29-14-11-23(12-15-29)31-16-10-20-5-6-22(27(28)33)18-25(20)31/h5-8,10,16-18,23H,4,9,11-15H2,1-3H3,(H2,28,33). The van der Waals surface area contributed by atoms with Crippen LogP contribution in [0.1, 0.15) is 48.7 Å². The van der Waals surface area contributed by atoms with Gasteiger partial charge in [0.05, 0.1) is 7.11 Å². The van der Waals surface area contributed by atoms with Gasteiger partial charge in [-0.3, -0.25) is 9.59 Å². The molecular formula is C27H34N4O3. The molecule has 1 saturated heterocycles. The number of piperidine rings is 1. The molecule has 1 aromatic heterocycles. The number of hydrogen-bond donors (Lipinski definition) is 1. The second kappa shape index (κ2) is 10.3. The van der Waals surface area contributed by atoms with Gasteiger partial charge in [-0.25, -0.2) is 0 Å². The van der Waals surface area contributed by atoms with Crippen LogP contribution in [0.3, 0.4) is 0 Å². The van der Waals surface area contributed by atoms with Crippen molar-refractivity contribution in [2.75, 3.05) is 38.2 Å². The van der Waals surface area contributed by atoms with Crippen LogP contribution < -0.4 is 15.4 Å². The topological polar surface area (TPSA) is 80.8 Å². The first kappa shape index (κ1) is 23.8. The number of nitrogens with two attached hydrogens (primary N) is 1. The maximum atomic E-state index is 12.0. The monoisotopic (exact) mass is 462 g/mol. The van der Waals surface area contributed by atoms with Gasteiger partial charge < -0.3 is 24.8 Å². The van der Waals surface area contributed by atoms with Crippen LogP contribution in [-0.2, 0) is 11.2 Å². The molecule has 2 N–H and O–H groups in total. The fourth-order valence-corrected chi connectivity index (χ4v) is 5.04. The van der Waals surface area contributed by atoms with Crippen molar-refractivity contribution in [3.8, 4) is 5.75 Å². The van der Waals surface area contributed by atoms with E-state index in [9.17, 15) is 9.59 Å². The molecule has 0 spiro atoms. The molecule has 7 nitrogen and oxygen atoms in total. The molecule has 0 atom stereocenters. The number of rotatable bonds is 8. The average Bonchev–Trinajstić information content (AvgIpc) is 3.26. The number of ether oxygens (including phenoxy) is 1. The Bertz CT molecular complexity index is 1180. The van der Waals surface area contributed by atoms with E-state index in [4.69, 9.17) is 10.5 Å². The molecule has 0 radical (unpaired) electrons. The van der Waals surface area contributed by atoms with Crippen LogP contribution in [0.4, 0.5) is 5.69 Å². The lowest BCUT2D eigenvalue weighted by molar-refractivity contribution is -0.116. The van der Waals surface area contributed by atoms with Gasteiger partial charge in [-0.05, 0) is 73.5 Å². The third-order valence-electron chi connectivity index (χ3n) is 6.93. The maximum Gasteiger partial charge on any atom is 0.248 e. The van der Waals surface area contributed by atoms with Crippen molar-refractivity contribution in [1.29, 1.82) is 0 Å². The van der Waals surface area contributed by atoms with E-state index in [2.05, 4.69) is 27.8 Å². The number of methoxy groups -OCH3 is 1. The summed E-state index contributed by atoms with van der Waals surface area (Å²) in [5, 5.41) is 1.13. The van der Waals surface area contributed by atoms with Crippen LogP contribution >= 0.6 is 0 Å². The first-order chi connectivity index (χ1) is 16.4. The van der Waals surface area contributed by atoms with Gasteiger partial charge in [0.25, 0.3) is 0 Å². The zero-order chi connectivity index (χ0) is 24.2. The predicted octanol–water partition coefficient (Wildman–Crippen LogP) is 4.00. The lowest BCUT2D eigenvalue weighted by atomic mass is 10.0. The van der Waals surface area contributed by atoms with Crippen LogP contribution in [0.25, 0.3) is 10.9 Å². The zero-order valence-electron chi connectivity index (χ0n) is 20.3. The number of carbonyl (C=O) groups excluding carboxylic acids is 2. The molecule has 1 aliphatic rings. The second-order valence-electron chi connectivity index (χ2n) is 8.94. The fraction of sp³-hybridized carbons (Fsp3) is 0.407. The Hall–Kier alpha value is -3.32. The number of fused-ring (bicyclic) bond motifs is 1. The summed E-state index contributed by atoms with van der Waals surface area (Å²) in [6.45, 7) is 7.19. The Balaban J connectivity index is 1.40. The van der Waals surface area contributed by atoms with Gasteiger partial charge in [0.1, 0.15) is 5.75 Å². The van der Waals surface area contributed by atoms with Gasteiger partial charge in [-0.1, -0.05) is 6.07 Å². The lowest BCUT2D eigenvalue weighted by Gasteiger charge is -2.33. The van der Waals surface area contributed by atoms with Crippen molar-refractivity contribution in [2.24, 2.45) is 5.73 Å². The van der Waals surface area contributed by atoms with E-state index in [1.807, 2.05) is 31.2 Å². The molecule has 4 rings (SSSR count). The zero-order valence-corrected chi connectivity index (χ0v) is 20.3. The molecule has 7 heteroatoms. The molecule has 2 amide bonds. The van der Waals surface area contributed by atoms with Gasteiger partial charge in [0.2, 0.25) is 11.8 Å². The van der Waals surface area contributed by atoms with E-state index < -0.39 is 5.91 Å². The van der Waals surface area contributed by atoms with Crippen molar-refractivity contribution in [3.63, 3.8) is 0 Å². The molecule has 0 saturated carbocycles. The molecule has 0 bridgehead atoms. The summed E-state index contributed by atoms with van der Waals surface area (Å²) in [6.07, 6.45) is 5.09. The smallest absolute Gasteiger partial charge is 0.248 e. The fourth-order valence-electron chi connectivity index (χ4n) is 5.04. The first-order valence-electron chi connectivity index (χ1n) is 12.0. The molecule has 34 heavy (non-hydrogen) atoms. The molecular weight excluding hydrogens is 428 g/mol. The van der Waals surface area contributed by atoms with E-state index in [0.29, 0.717) is 18.2 Å². The van der Waals surface area contributed by atoms with Crippen molar-refractivity contribution < 1.29 is 14.3 Å². The van der Waals surface area contributed by atoms with E-state index >= 15 is 0 Å². The third-order valence-corrected chi connectivity index (χ3v) is 6.93. The summed E-state index contributed by atoms with van der Waals surface area (Å²) >= 11 is 0. The number of nitrogens with zero attached hydrogens (tertiary/aromatic N) is 3. The highest BCUT2D eigenvalue weighted by atomic mass is 16.5. The second-order valence-corrected chi connectivity index (χ2v) is 8.94. The number of amides is 2. The molecule has 2 aromatic carbocycles. The molecule has 1 fully saturated rings. The largest absolute Gasteiger partial charge is 0.496 e. The Kier molecular flexibility index (Phi) is 7.22. The van der Waals surface area contributed by atoms with Crippen LogP contribution in [0.15, 0.2) is 48.7 Å². The van der Waals surface area contributed by atoms with Gasteiger partial charge in [-0.15, -0.1) is 0 Å². The van der Waals surface area contributed by atoms with Crippen molar-refractivity contribution >= 4 is 28.4 Å². The molecule has 3 aromatic rings. The number of carbonyl (C=O) groups is 2. The van der Waals surface area contributed by atoms with Crippen molar-refractivity contribution in [3.05, 3.63) is 59.8 Å². The van der Waals surface area contributed by atoms with E-state index in [1.54, 1.807) is 25.0 Å². The quantitative estimate of drug-likeness (QED) is 0.549. The summed E-state index contributed by atoms with van der Waals surface area (Å²) in [5.41, 5.74) is 9.15. The SMILES string of the molecule is CCN(C(C)=O)c1ccc(OC)c(CCN2CCC(n3ccc4ccc(C(N)=O)cc43)CC2)c1. The number of anilines is 1. The van der Waals surface area contributed by atoms with Gasteiger partial charge in [-0.2, -0.15) is 0 Å². The Morgan fingerprint density at radius 3 is 2.53 bits per heavy atom. The normalized spacial score (nSPS) is 14.9. The van der Waals surface area contributed by atoms with Crippen LogP contribution in [0.5, 0.6) is 5.75 Å². The van der Waals surface area contributed by atoms with Gasteiger partial charge >= 0.3 is 0 Å². The van der Waals surface area contributed by atoms with Gasteiger partial charge in [0, 0.05) is 62.1 Å². The lowest BCUT2D eigenvalue weighted by Crippen LogP contribution is -2.36. The highest BCUT2D eigenvalue weighted by molar-refractivity contribution is 5.97. The van der Waals surface area contributed by atoms with Gasteiger partial charge in [0.15, 0.2) is 0 Å². The van der Waals surface area contributed by atoms with E-state index in [1.165, 1.54) is 0 Å². The maximum absolute atomic E-state index is 12.0. The first-order valence-corrected chi connectivity index (χ1v) is 12.0. The van der Waals surface area contributed by atoms with E-state index in [0.717, 1.165) is 66.8 Å². The Morgan fingerprint density at radius 1 is 1.12 bits per heavy atom. The molecule has 180 valence electrons. The van der Waals surface area contributed by atoms with Crippen molar-refractivity contribution in [2.45, 2.75) is 39.2 Å². The predicted molar refractivity (Wildman–Crippen MR) is 136 cm³/mol. The molecule has 2 heterocycles. The average molecular weight is 463 g/mol. The highest BCUT2D eigenvalue weighted by Gasteiger charge is 2.22. The number of primary amides is 1. The molecule has 0 aliphatic carbocycles.